The molecule has 1 atom stereocenters. The summed E-state index contributed by atoms with van der Waals surface area (Å²) in [5.41, 5.74) is -0.791. The minimum atomic E-state index is -4.98. The van der Waals surface area contributed by atoms with Crippen LogP contribution in [0.15, 0.2) is 12.1 Å². The Bertz CT molecular complexity index is 1010. The van der Waals surface area contributed by atoms with Crippen LogP contribution in [0.4, 0.5) is 13.2 Å². The van der Waals surface area contributed by atoms with Crippen LogP contribution in [0.3, 0.4) is 0 Å². The Morgan fingerprint density at radius 1 is 1.20 bits per heavy atom. The first-order chi connectivity index (χ1) is 14.1. The third kappa shape index (κ3) is 3.30. The van der Waals surface area contributed by atoms with E-state index in [0.29, 0.717) is 17.9 Å². The van der Waals surface area contributed by atoms with Crippen molar-refractivity contribution < 1.29 is 22.8 Å². The fraction of sp³-hybridized carbons (Fsp3) is 0.591. The average Bonchev–Trinajstić information content (AvgIpc) is 3.15. The summed E-state index contributed by atoms with van der Waals surface area (Å²) in [5, 5.41) is 2.10. The molecule has 30 heavy (non-hydrogen) atoms. The lowest BCUT2D eigenvalue weighted by atomic mass is 9.86. The molecule has 2 aromatic rings. The van der Waals surface area contributed by atoms with E-state index in [-0.39, 0.29) is 17.8 Å². The third-order valence-electron chi connectivity index (χ3n) is 6.63. The van der Waals surface area contributed by atoms with E-state index in [0.717, 1.165) is 41.4 Å². The Balaban J connectivity index is 1.70. The van der Waals surface area contributed by atoms with E-state index in [1.54, 1.807) is 19.1 Å². The molecular weight excluding hydrogens is 395 g/mol. The number of halogens is 3. The fourth-order valence-electron chi connectivity index (χ4n) is 4.83. The van der Waals surface area contributed by atoms with Gasteiger partial charge >= 0.3 is 6.18 Å². The lowest BCUT2D eigenvalue weighted by Crippen LogP contribution is -2.62. The topological polar surface area (TPSA) is 64.0 Å². The van der Waals surface area contributed by atoms with Crippen LogP contribution >= 0.6 is 0 Å². The number of amides is 1. The third-order valence-corrected chi connectivity index (χ3v) is 6.63. The normalized spacial score (nSPS) is 22.5. The van der Waals surface area contributed by atoms with Gasteiger partial charge < -0.3 is 5.32 Å². The van der Waals surface area contributed by atoms with Crippen molar-refractivity contribution in [2.24, 2.45) is 5.92 Å². The highest BCUT2D eigenvalue weighted by molar-refractivity contribution is 5.98. The predicted octanol–water partition coefficient (Wildman–Crippen LogP) is 4.47. The van der Waals surface area contributed by atoms with Crippen LogP contribution < -0.4 is 5.32 Å². The van der Waals surface area contributed by atoms with Crippen molar-refractivity contribution in [2.75, 3.05) is 0 Å². The number of carbonyl (C=O) groups is 2. The van der Waals surface area contributed by atoms with Gasteiger partial charge in [0.1, 0.15) is 5.82 Å². The molecule has 1 aliphatic heterocycles. The van der Waals surface area contributed by atoms with Crippen LogP contribution in [-0.4, -0.2) is 27.4 Å². The summed E-state index contributed by atoms with van der Waals surface area (Å²) in [6, 6.07) is 3.32. The number of ketones is 1. The molecule has 0 bridgehead atoms. The van der Waals surface area contributed by atoms with Gasteiger partial charge in [-0.1, -0.05) is 32.1 Å². The maximum Gasteiger partial charge on any atom is 0.438 e. The summed E-state index contributed by atoms with van der Waals surface area (Å²) in [6.45, 7) is 3.65. The van der Waals surface area contributed by atoms with Crippen molar-refractivity contribution in [1.82, 2.24) is 14.9 Å². The largest absolute Gasteiger partial charge is 0.438 e. The van der Waals surface area contributed by atoms with Gasteiger partial charge in [0.2, 0.25) is 5.91 Å². The molecule has 1 aromatic heterocycles. The van der Waals surface area contributed by atoms with Gasteiger partial charge in [-0.15, -0.1) is 0 Å². The number of benzene rings is 1. The number of alkyl halides is 3. The summed E-state index contributed by atoms with van der Waals surface area (Å²) >= 11 is 0. The van der Waals surface area contributed by atoms with E-state index in [1.807, 2.05) is 6.92 Å². The van der Waals surface area contributed by atoms with E-state index in [9.17, 15) is 22.8 Å². The minimum absolute atomic E-state index is 0.0180. The van der Waals surface area contributed by atoms with Gasteiger partial charge in [0.05, 0.1) is 17.5 Å². The average molecular weight is 421 g/mol. The molecule has 1 N–H and O–H groups in total. The van der Waals surface area contributed by atoms with Crippen LogP contribution in [0.5, 0.6) is 0 Å². The van der Waals surface area contributed by atoms with Gasteiger partial charge in [-0.2, -0.15) is 13.2 Å². The van der Waals surface area contributed by atoms with Crippen LogP contribution in [-0.2, 0) is 21.7 Å². The zero-order chi connectivity index (χ0) is 21.7. The van der Waals surface area contributed by atoms with Crippen LogP contribution in [0.1, 0.15) is 61.9 Å². The monoisotopic (exact) mass is 421 g/mol. The van der Waals surface area contributed by atoms with Crippen molar-refractivity contribution in [2.45, 2.75) is 77.1 Å². The number of nitrogens with one attached hydrogen (secondary N) is 1. The zero-order valence-corrected chi connectivity index (χ0v) is 17.2. The Morgan fingerprint density at radius 3 is 2.53 bits per heavy atom. The lowest BCUT2D eigenvalue weighted by molar-refractivity contribution is -0.218. The number of aryl methyl sites for hydroxylation is 2. The van der Waals surface area contributed by atoms with Crippen molar-refractivity contribution in [3.63, 3.8) is 0 Å². The number of hydrogen-bond acceptors (Lipinski definition) is 3. The molecule has 1 saturated carbocycles. The fourth-order valence-corrected chi connectivity index (χ4v) is 4.83. The Hall–Kier alpha value is -2.38. The zero-order valence-electron chi connectivity index (χ0n) is 17.2. The van der Waals surface area contributed by atoms with Gasteiger partial charge in [-0.25, -0.2) is 4.98 Å². The van der Waals surface area contributed by atoms with Gasteiger partial charge in [0, 0.05) is 6.42 Å². The number of fused-ring (bicyclic) bond motifs is 3. The molecule has 1 unspecified atom stereocenters. The molecular formula is C22H26F3N3O2. The van der Waals surface area contributed by atoms with E-state index < -0.39 is 30.0 Å². The number of carbonyl (C=O) groups excluding carboxylic acids is 2. The highest BCUT2D eigenvalue weighted by Gasteiger charge is 2.66. The van der Waals surface area contributed by atoms with Crippen LogP contribution in [0, 0.1) is 19.8 Å². The number of rotatable bonds is 4. The molecule has 0 saturated heterocycles. The van der Waals surface area contributed by atoms with Gasteiger partial charge in [-0.3, -0.25) is 14.2 Å². The smallest absolute Gasteiger partial charge is 0.319 e. The van der Waals surface area contributed by atoms with E-state index in [2.05, 4.69) is 10.3 Å². The Morgan fingerprint density at radius 2 is 1.87 bits per heavy atom. The molecule has 162 valence electrons. The highest BCUT2D eigenvalue weighted by atomic mass is 19.4. The van der Waals surface area contributed by atoms with Crippen molar-refractivity contribution in [3.05, 3.63) is 29.1 Å². The van der Waals surface area contributed by atoms with E-state index in [1.165, 1.54) is 6.42 Å². The molecule has 1 aliphatic carbocycles. The SMILES string of the molecule is Cc1cc2nc3n(c2cc1C)C(NC(=O)CCC1CCCCC1)(C(F)(F)F)C(=O)C3. The molecule has 1 aromatic carbocycles. The molecule has 8 heteroatoms. The maximum atomic E-state index is 14.4. The predicted molar refractivity (Wildman–Crippen MR) is 106 cm³/mol. The van der Waals surface area contributed by atoms with Crippen molar-refractivity contribution in [3.8, 4) is 0 Å². The molecule has 2 aliphatic rings. The van der Waals surface area contributed by atoms with Gasteiger partial charge in [0.25, 0.3) is 5.66 Å². The summed E-state index contributed by atoms with van der Waals surface area (Å²) < 4.78 is 44.1. The van der Waals surface area contributed by atoms with Crippen LogP contribution in [0.25, 0.3) is 11.0 Å². The summed E-state index contributed by atoms with van der Waals surface area (Å²) in [5.74, 6) is -1.45. The quantitative estimate of drug-likeness (QED) is 0.792. The number of aromatic nitrogens is 2. The lowest BCUT2D eigenvalue weighted by Gasteiger charge is -2.33. The number of nitrogens with zero attached hydrogens (tertiary/aromatic N) is 2. The van der Waals surface area contributed by atoms with Crippen molar-refractivity contribution in [1.29, 1.82) is 0 Å². The second-order valence-electron chi connectivity index (χ2n) is 8.69. The van der Waals surface area contributed by atoms with Crippen LogP contribution in [0.2, 0.25) is 0 Å². The van der Waals surface area contributed by atoms with E-state index in [4.69, 9.17) is 0 Å². The molecule has 2 heterocycles. The van der Waals surface area contributed by atoms with Gasteiger partial charge in [-0.05, 0) is 49.4 Å². The maximum absolute atomic E-state index is 14.4. The number of imidazole rings is 1. The second kappa shape index (κ2) is 7.39. The first-order valence-electron chi connectivity index (χ1n) is 10.5. The summed E-state index contributed by atoms with van der Waals surface area (Å²) in [7, 11) is 0. The summed E-state index contributed by atoms with van der Waals surface area (Å²) in [6.07, 6.45) is 0.457. The number of Topliss-reactive ketones (excluding diaryl/α,β-unsaturated/α-hetero) is 1. The standard InChI is InChI=1S/C22H26F3N3O2/c1-13-10-16-17(11-14(13)2)28-19(26-16)12-18(29)21(28,22(23,24)25)27-20(30)9-8-15-6-4-3-5-7-15/h10-11,15H,3-9,12H2,1-2H3,(H,27,30). The first-order valence-corrected chi connectivity index (χ1v) is 10.5. The van der Waals surface area contributed by atoms with Gasteiger partial charge in [0.15, 0.2) is 5.78 Å². The highest BCUT2D eigenvalue weighted by Crippen LogP contribution is 2.44. The molecule has 0 spiro atoms. The summed E-state index contributed by atoms with van der Waals surface area (Å²) in [4.78, 5) is 29.6. The second-order valence-corrected chi connectivity index (χ2v) is 8.69. The Kier molecular flexibility index (Phi) is 5.14. The Labute approximate surface area is 173 Å². The molecule has 1 fully saturated rings. The number of hydrogen-bond donors (Lipinski definition) is 1. The molecule has 4 rings (SSSR count). The molecule has 0 radical (unpaired) electrons. The van der Waals surface area contributed by atoms with Crippen molar-refractivity contribution >= 4 is 22.7 Å². The first kappa shape index (κ1) is 20.9. The van der Waals surface area contributed by atoms with E-state index >= 15 is 0 Å². The minimum Gasteiger partial charge on any atom is -0.319 e. The molecule has 1 amide bonds. The molecule has 5 nitrogen and oxygen atoms in total.